The Kier molecular flexibility index (Phi) is 4.56. The topological polar surface area (TPSA) is 59.3 Å². The molecule has 2 saturated heterocycles. The fraction of sp³-hybridized carbons (Fsp3) is 0.450. The second kappa shape index (κ2) is 7.03. The fourth-order valence-electron chi connectivity index (χ4n) is 4.24. The standard InChI is InChI=1S/C20H23FN6/c1-25(2)18-6-9-23-20(24-18)26-10-7-14-8-11-27(17(14)13-26)19-15(12-22)4-3-5-16(19)21/h3-6,9,14,17H,7-8,10-11,13H2,1-2H3. The van der Waals surface area contributed by atoms with Crippen LogP contribution < -0.4 is 14.7 Å². The van der Waals surface area contributed by atoms with E-state index in [4.69, 9.17) is 0 Å². The SMILES string of the molecule is CN(C)c1ccnc(N2CCC3CCN(c4c(F)cccc4C#N)C3C2)n1. The zero-order valence-electron chi connectivity index (χ0n) is 15.6. The number of rotatable bonds is 3. The number of aromatic nitrogens is 2. The van der Waals surface area contributed by atoms with Gasteiger partial charge in [0, 0.05) is 46.0 Å². The number of nitrogens with zero attached hydrogens (tertiary/aromatic N) is 6. The second-order valence-corrected chi connectivity index (χ2v) is 7.40. The normalized spacial score (nSPS) is 21.7. The first-order chi connectivity index (χ1) is 13.1. The molecule has 2 unspecified atom stereocenters. The van der Waals surface area contributed by atoms with Gasteiger partial charge in [-0.25, -0.2) is 9.37 Å². The molecule has 3 heterocycles. The molecule has 0 N–H and O–H groups in total. The van der Waals surface area contributed by atoms with Crippen molar-refractivity contribution in [3.05, 3.63) is 41.8 Å². The van der Waals surface area contributed by atoms with Gasteiger partial charge in [-0.05, 0) is 37.0 Å². The molecule has 1 aromatic heterocycles. The molecule has 2 aliphatic heterocycles. The Hall–Kier alpha value is -2.88. The van der Waals surface area contributed by atoms with E-state index in [1.165, 1.54) is 6.07 Å². The molecule has 4 rings (SSSR count). The molecule has 0 bridgehead atoms. The molecular formula is C20H23FN6. The largest absolute Gasteiger partial charge is 0.363 e. The molecular weight excluding hydrogens is 343 g/mol. The highest BCUT2D eigenvalue weighted by Gasteiger charge is 2.40. The van der Waals surface area contributed by atoms with Gasteiger partial charge in [0.15, 0.2) is 0 Å². The van der Waals surface area contributed by atoms with Crippen molar-refractivity contribution in [2.45, 2.75) is 18.9 Å². The number of nitriles is 1. The van der Waals surface area contributed by atoms with E-state index in [2.05, 4.69) is 25.8 Å². The van der Waals surface area contributed by atoms with E-state index in [9.17, 15) is 9.65 Å². The highest BCUT2D eigenvalue weighted by molar-refractivity contribution is 5.62. The highest BCUT2D eigenvalue weighted by Crippen LogP contribution is 2.38. The number of benzene rings is 1. The van der Waals surface area contributed by atoms with Crippen molar-refractivity contribution in [3.63, 3.8) is 0 Å². The first kappa shape index (κ1) is 17.5. The van der Waals surface area contributed by atoms with Gasteiger partial charge in [0.05, 0.1) is 11.3 Å². The van der Waals surface area contributed by atoms with Gasteiger partial charge in [0.1, 0.15) is 17.7 Å². The molecule has 0 aliphatic carbocycles. The van der Waals surface area contributed by atoms with Crippen LogP contribution >= 0.6 is 0 Å². The van der Waals surface area contributed by atoms with E-state index >= 15 is 0 Å². The third-order valence-corrected chi connectivity index (χ3v) is 5.63. The summed E-state index contributed by atoms with van der Waals surface area (Å²) in [6.07, 6.45) is 3.82. The van der Waals surface area contributed by atoms with Crippen molar-refractivity contribution >= 4 is 17.5 Å². The van der Waals surface area contributed by atoms with Crippen molar-refractivity contribution in [2.75, 3.05) is 48.4 Å². The highest BCUT2D eigenvalue weighted by atomic mass is 19.1. The Morgan fingerprint density at radius 2 is 2.04 bits per heavy atom. The monoisotopic (exact) mass is 366 g/mol. The van der Waals surface area contributed by atoms with Crippen LogP contribution in [0.1, 0.15) is 18.4 Å². The predicted octanol–water partition coefficient (Wildman–Crippen LogP) is 2.66. The average Bonchev–Trinajstić information content (AvgIpc) is 3.10. The average molecular weight is 366 g/mol. The summed E-state index contributed by atoms with van der Waals surface area (Å²) in [5.74, 6) is 1.76. The van der Waals surface area contributed by atoms with Crippen molar-refractivity contribution in [1.82, 2.24) is 9.97 Å². The van der Waals surface area contributed by atoms with E-state index < -0.39 is 0 Å². The van der Waals surface area contributed by atoms with Crippen molar-refractivity contribution < 1.29 is 4.39 Å². The lowest BCUT2D eigenvalue weighted by Crippen LogP contribution is -2.49. The minimum atomic E-state index is -0.322. The minimum Gasteiger partial charge on any atom is -0.363 e. The summed E-state index contributed by atoms with van der Waals surface area (Å²) in [5.41, 5.74) is 0.843. The Labute approximate surface area is 158 Å². The van der Waals surface area contributed by atoms with Crippen LogP contribution in [0.25, 0.3) is 0 Å². The van der Waals surface area contributed by atoms with Crippen LogP contribution in [0.4, 0.5) is 21.8 Å². The number of hydrogen-bond donors (Lipinski definition) is 0. The molecule has 1 aromatic carbocycles. The second-order valence-electron chi connectivity index (χ2n) is 7.40. The van der Waals surface area contributed by atoms with Crippen molar-refractivity contribution in [1.29, 1.82) is 5.26 Å². The van der Waals surface area contributed by atoms with Crippen molar-refractivity contribution in [3.8, 4) is 6.07 Å². The van der Waals surface area contributed by atoms with Gasteiger partial charge in [-0.2, -0.15) is 10.2 Å². The summed E-state index contributed by atoms with van der Waals surface area (Å²) in [6, 6.07) is 8.92. The maximum atomic E-state index is 14.6. The third-order valence-electron chi connectivity index (χ3n) is 5.63. The molecule has 0 saturated carbocycles. The maximum Gasteiger partial charge on any atom is 0.227 e. The Bertz CT molecular complexity index is 877. The van der Waals surface area contributed by atoms with Gasteiger partial charge >= 0.3 is 0 Å². The van der Waals surface area contributed by atoms with Crippen LogP contribution in [0.3, 0.4) is 0 Å². The molecule has 140 valence electrons. The molecule has 2 atom stereocenters. The predicted molar refractivity (Wildman–Crippen MR) is 104 cm³/mol. The van der Waals surface area contributed by atoms with Gasteiger partial charge in [-0.3, -0.25) is 0 Å². The summed E-state index contributed by atoms with van der Waals surface area (Å²) in [4.78, 5) is 15.3. The summed E-state index contributed by atoms with van der Waals surface area (Å²) in [6.45, 7) is 2.41. The first-order valence-electron chi connectivity index (χ1n) is 9.29. The summed E-state index contributed by atoms with van der Waals surface area (Å²) >= 11 is 0. The fourth-order valence-corrected chi connectivity index (χ4v) is 4.24. The minimum absolute atomic E-state index is 0.161. The summed E-state index contributed by atoms with van der Waals surface area (Å²) in [5, 5.41) is 9.43. The molecule has 2 fully saturated rings. The first-order valence-corrected chi connectivity index (χ1v) is 9.29. The van der Waals surface area contributed by atoms with Crippen LogP contribution in [-0.4, -0.2) is 49.7 Å². The Morgan fingerprint density at radius 3 is 2.81 bits per heavy atom. The van der Waals surface area contributed by atoms with E-state index in [0.717, 1.165) is 38.3 Å². The number of halogens is 1. The van der Waals surface area contributed by atoms with Crippen LogP contribution in [0.2, 0.25) is 0 Å². The van der Waals surface area contributed by atoms with E-state index in [0.29, 0.717) is 23.1 Å². The third kappa shape index (κ3) is 3.16. The number of piperidine rings is 1. The zero-order valence-corrected chi connectivity index (χ0v) is 15.6. The quantitative estimate of drug-likeness (QED) is 0.832. The molecule has 2 aromatic rings. The van der Waals surface area contributed by atoms with Gasteiger partial charge in [-0.1, -0.05) is 6.07 Å². The Balaban J connectivity index is 1.62. The molecule has 7 heteroatoms. The van der Waals surface area contributed by atoms with Gasteiger partial charge in [-0.15, -0.1) is 0 Å². The van der Waals surface area contributed by atoms with Gasteiger partial charge in [0.2, 0.25) is 5.95 Å². The van der Waals surface area contributed by atoms with Crippen molar-refractivity contribution in [2.24, 2.45) is 5.92 Å². The van der Waals surface area contributed by atoms with Crippen LogP contribution in [-0.2, 0) is 0 Å². The summed E-state index contributed by atoms with van der Waals surface area (Å²) in [7, 11) is 3.91. The van der Waals surface area contributed by atoms with Crippen LogP contribution in [0.5, 0.6) is 0 Å². The van der Waals surface area contributed by atoms with Gasteiger partial charge in [0.25, 0.3) is 0 Å². The molecule has 2 aliphatic rings. The molecule has 0 radical (unpaired) electrons. The number of fused-ring (bicyclic) bond motifs is 1. The smallest absolute Gasteiger partial charge is 0.227 e. The lowest BCUT2D eigenvalue weighted by Gasteiger charge is -2.39. The molecule has 6 nitrogen and oxygen atoms in total. The number of anilines is 3. The van der Waals surface area contributed by atoms with Crippen LogP contribution in [0.15, 0.2) is 30.5 Å². The lowest BCUT2D eigenvalue weighted by molar-refractivity contribution is 0.386. The molecule has 27 heavy (non-hydrogen) atoms. The number of hydrogen-bond acceptors (Lipinski definition) is 6. The Morgan fingerprint density at radius 1 is 1.22 bits per heavy atom. The molecule has 0 amide bonds. The molecule has 0 spiro atoms. The van der Waals surface area contributed by atoms with E-state index in [1.54, 1.807) is 18.3 Å². The van der Waals surface area contributed by atoms with Crippen LogP contribution in [0, 0.1) is 23.1 Å². The summed E-state index contributed by atoms with van der Waals surface area (Å²) < 4.78 is 14.6. The van der Waals surface area contributed by atoms with Gasteiger partial charge < -0.3 is 14.7 Å². The number of para-hydroxylation sites is 1. The lowest BCUT2D eigenvalue weighted by atomic mass is 9.92. The maximum absolute atomic E-state index is 14.6. The zero-order chi connectivity index (χ0) is 19.0. The van der Waals surface area contributed by atoms with E-state index in [-0.39, 0.29) is 11.9 Å². The van der Waals surface area contributed by atoms with E-state index in [1.807, 2.05) is 25.1 Å².